The summed E-state index contributed by atoms with van der Waals surface area (Å²) in [6, 6.07) is 5.95. The molecular formula is C22H22N4O. The Balaban J connectivity index is 1.86. The SMILES string of the molecule is CCc1c(C)[nH]c(C=C2C(=O)Nc3nc(C)c(-c4ccncc4)cc32)c1C. The summed E-state index contributed by atoms with van der Waals surface area (Å²) in [6.45, 7) is 8.27. The highest BCUT2D eigenvalue weighted by Crippen LogP contribution is 2.36. The van der Waals surface area contributed by atoms with Crippen molar-refractivity contribution in [3.63, 3.8) is 0 Å². The van der Waals surface area contributed by atoms with E-state index in [0.717, 1.165) is 40.2 Å². The fourth-order valence-corrected chi connectivity index (χ4v) is 3.80. The van der Waals surface area contributed by atoms with Crippen molar-refractivity contribution in [2.24, 2.45) is 0 Å². The Kier molecular flexibility index (Phi) is 4.15. The minimum atomic E-state index is -0.117. The van der Waals surface area contributed by atoms with Gasteiger partial charge in [-0.25, -0.2) is 4.98 Å². The second-order valence-electron chi connectivity index (χ2n) is 6.89. The predicted octanol–water partition coefficient (Wildman–Crippen LogP) is 4.45. The van der Waals surface area contributed by atoms with Crippen LogP contribution in [-0.4, -0.2) is 20.9 Å². The van der Waals surface area contributed by atoms with E-state index in [9.17, 15) is 4.79 Å². The number of pyridine rings is 2. The zero-order valence-electron chi connectivity index (χ0n) is 16.0. The standard InChI is InChI=1S/C22H22N4O/c1-5-16-12(2)20(24-13(16)3)11-19-18-10-17(15-6-8-23-9-7-15)14(4)25-21(18)26-22(19)27/h6-11,24H,5H2,1-4H3,(H,25,26,27). The Hall–Kier alpha value is -3.21. The average molecular weight is 358 g/mol. The summed E-state index contributed by atoms with van der Waals surface area (Å²) >= 11 is 0. The molecule has 0 aromatic carbocycles. The molecule has 0 atom stereocenters. The quantitative estimate of drug-likeness (QED) is 0.680. The van der Waals surface area contributed by atoms with E-state index in [1.165, 1.54) is 11.1 Å². The van der Waals surface area contributed by atoms with Gasteiger partial charge in [0.05, 0.1) is 5.57 Å². The van der Waals surface area contributed by atoms with Gasteiger partial charge >= 0.3 is 0 Å². The summed E-state index contributed by atoms with van der Waals surface area (Å²) < 4.78 is 0. The van der Waals surface area contributed by atoms with Crippen molar-refractivity contribution in [2.75, 3.05) is 5.32 Å². The van der Waals surface area contributed by atoms with Crippen molar-refractivity contribution in [1.29, 1.82) is 0 Å². The molecule has 4 heterocycles. The summed E-state index contributed by atoms with van der Waals surface area (Å²) in [5.74, 6) is 0.506. The van der Waals surface area contributed by atoms with Crippen LogP contribution in [0.3, 0.4) is 0 Å². The predicted molar refractivity (Wildman–Crippen MR) is 108 cm³/mol. The molecule has 2 N–H and O–H groups in total. The molecule has 136 valence electrons. The second kappa shape index (κ2) is 6.50. The Morgan fingerprint density at radius 2 is 1.85 bits per heavy atom. The maximum atomic E-state index is 12.6. The van der Waals surface area contributed by atoms with Crippen LogP contribution in [0, 0.1) is 20.8 Å². The third-order valence-corrected chi connectivity index (χ3v) is 5.24. The molecule has 1 aliphatic heterocycles. The average Bonchev–Trinajstić information content (AvgIpc) is 3.10. The van der Waals surface area contributed by atoms with Crippen molar-refractivity contribution in [2.45, 2.75) is 34.1 Å². The Labute approximate surface area is 158 Å². The maximum absolute atomic E-state index is 12.6. The van der Waals surface area contributed by atoms with Crippen molar-refractivity contribution in [3.05, 3.63) is 64.4 Å². The minimum absolute atomic E-state index is 0.117. The third-order valence-electron chi connectivity index (χ3n) is 5.24. The van der Waals surface area contributed by atoms with Crippen LogP contribution in [0.5, 0.6) is 0 Å². The van der Waals surface area contributed by atoms with E-state index in [1.807, 2.05) is 31.2 Å². The molecule has 0 aliphatic carbocycles. The van der Waals surface area contributed by atoms with E-state index >= 15 is 0 Å². The molecule has 0 radical (unpaired) electrons. The molecule has 27 heavy (non-hydrogen) atoms. The molecule has 0 saturated carbocycles. The lowest BCUT2D eigenvalue weighted by molar-refractivity contribution is -0.110. The second-order valence-corrected chi connectivity index (χ2v) is 6.89. The smallest absolute Gasteiger partial charge is 0.257 e. The Morgan fingerprint density at radius 3 is 2.52 bits per heavy atom. The van der Waals surface area contributed by atoms with Crippen molar-refractivity contribution >= 4 is 23.4 Å². The third kappa shape index (κ3) is 2.85. The molecule has 0 bridgehead atoms. The minimum Gasteiger partial charge on any atom is -0.359 e. The zero-order chi connectivity index (χ0) is 19.1. The van der Waals surface area contributed by atoms with Gasteiger partial charge in [-0.1, -0.05) is 6.92 Å². The van der Waals surface area contributed by atoms with Crippen molar-refractivity contribution < 1.29 is 4.79 Å². The number of amides is 1. The van der Waals surface area contributed by atoms with Crippen LogP contribution in [0.2, 0.25) is 0 Å². The molecule has 5 nitrogen and oxygen atoms in total. The van der Waals surface area contributed by atoms with Crippen molar-refractivity contribution in [1.82, 2.24) is 15.0 Å². The molecule has 3 aromatic heterocycles. The lowest BCUT2D eigenvalue weighted by atomic mass is 9.99. The van der Waals surface area contributed by atoms with Crippen LogP contribution in [0.15, 0.2) is 30.6 Å². The van der Waals surface area contributed by atoms with Gasteiger partial charge in [0.1, 0.15) is 5.82 Å². The molecule has 1 aliphatic rings. The number of aromatic amines is 1. The van der Waals surface area contributed by atoms with E-state index in [2.05, 4.69) is 41.0 Å². The van der Waals surface area contributed by atoms with E-state index in [0.29, 0.717) is 11.4 Å². The van der Waals surface area contributed by atoms with Gasteiger partial charge in [0.2, 0.25) is 0 Å². The topological polar surface area (TPSA) is 70.7 Å². The Bertz CT molecular complexity index is 1080. The van der Waals surface area contributed by atoms with Gasteiger partial charge in [-0.3, -0.25) is 9.78 Å². The first-order chi connectivity index (χ1) is 13.0. The highest BCUT2D eigenvalue weighted by Gasteiger charge is 2.27. The summed E-state index contributed by atoms with van der Waals surface area (Å²) in [5, 5.41) is 2.90. The number of anilines is 1. The van der Waals surface area contributed by atoms with Crippen molar-refractivity contribution in [3.8, 4) is 11.1 Å². The number of fused-ring (bicyclic) bond motifs is 1. The van der Waals surface area contributed by atoms with Crippen LogP contribution in [0.1, 0.15) is 40.7 Å². The van der Waals surface area contributed by atoms with E-state index in [-0.39, 0.29) is 5.91 Å². The summed E-state index contributed by atoms with van der Waals surface area (Å²) in [4.78, 5) is 24.8. The fraction of sp³-hybridized carbons (Fsp3) is 0.227. The van der Waals surface area contributed by atoms with Gasteiger partial charge in [0.15, 0.2) is 0 Å². The molecule has 0 spiro atoms. The molecule has 0 saturated heterocycles. The molecule has 0 fully saturated rings. The molecule has 1 amide bonds. The lowest BCUT2D eigenvalue weighted by Crippen LogP contribution is -2.04. The number of H-pyrrole nitrogens is 1. The number of nitrogens with zero attached hydrogens (tertiary/aromatic N) is 2. The van der Waals surface area contributed by atoms with Crippen LogP contribution in [0.25, 0.3) is 22.8 Å². The number of carbonyl (C=O) groups excluding carboxylic acids is 1. The lowest BCUT2D eigenvalue weighted by Gasteiger charge is -2.08. The number of aromatic nitrogens is 3. The normalized spacial score (nSPS) is 14.5. The number of aryl methyl sites for hydroxylation is 2. The largest absolute Gasteiger partial charge is 0.359 e. The highest BCUT2D eigenvalue weighted by molar-refractivity contribution is 6.34. The Morgan fingerprint density at radius 1 is 1.11 bits per heavy atom. The number of carbonyl (C=O) groups is 1. The molecule has 0 unspecified atom stereocenters. The van der Waals surface area contributed by atoms with Crippen LogP contribution in [0.4, 0.5) is 5.82 Å². The number of hydrogen-bond donors (Lipinski definition) is 2. The first kappa shape index (κ1) is 17.2. The summed E-state index contributed by atoms with van der Waals surface area (Å²) in [6.07, 6.45) is 6.43. The molecular weight excluding hydrogens is 336 g/mol. The maximum Gasteiger partial charge on any atom is 0.257 e. The first-order valence-electron chi connectivity index (χ1n) is 9.13. The van der Waals surface area contributed by atoms with Crippen LogP contribution in [-0.2, 0) is 11.2 Å². The summed E-state index contributed by atoms with van der Waals surface area (Å²) in [5.41, 5.74) is 9.03. The van der Waals surface area contributed by atoms with Gasteiger partial charge in [-0.15, -0.1) is 0 Å². The van der Waals surface area contributed by atoms with Crippen LogP contribution >= 0.6 is 0 Å². The summed E-state index contributed by atoms with van der Waals surface area (Å²) in [7, 11) is 0. The van der Waals surface area contributed by atoms with Gasteiger partial charge in [0.25, 0.3) is 5.91 Å². The highest BCUT2D eigenvalue weighted by atomic mass is 16.2. The fourth-order valence-electron chi connectivity index (χ4n) is 3.80. The van der Waals surface area contributed by atoms with Gasteiger partial charge in [-0.05, 0) is 68.2 Å². The van der Waals surface area contributed by atoms with E-state index in [4.69, 9.17) is 0 Å². The van der Waals surface area contributed by atoms with E-state index in [1.54, 1.807) is 12.4 Å². The van der Waals surface area contributed by atoms with Gasteiger partial charge in [0, 0.05) is 40.6 Å². The van der Waals surface area contributed by atoms with Gasteiger partial charge < -0.3 is 10.3 Å². The number of hydrogen-bond acceptors (Lipinski definition) is 3. The number of rotatable bonds is 3. The zero-order valence-corrected chi connectivity index (χ0v) is 16.0. The molecule has 5 heteroatoms. The first-order valence-corrected chi connectivity index (χ1v) is 9.13. The number of nitrogens with one attached hydrogen (secondary N) is 2. The van der Waals surface area contributed by atoms with Gasteiger partial charge in [-0.2, -0.15) is 0 Å². The molecule has 3 aromatic rings. The van der Waals surface area contributed by atoms with E-state index < -0.39 is 0 Å². The van der Waals surface area contributed by atoms with Crippen LogP contribution < -0.4 is 5.32 Å². The monoisotopic (exact) mass is 358 g/mol. The molecule has 4 rings (SSSR count).